The van der Waals surface area contributed by atoms with Crippen molar-refractivity contribution in [2.45, 2.75) is 38.8 Å². The summed E-state index contributed by atoms with van der Waals surface area (Å²) in [5.41, 5.74) is 2.28. The van der Waals surface area contributed by atoms with Crippen molar-refractivity contribution in [3.63, 3.8) is 0 Å². The Hall–Kier alpha value is -1.95. The summed E-state index contributed by atoms with van der Waals surface area (Å²) in [5.74, 6) is -1.24. The number of rotatable bonds is 3. The highest BCUT2D eigenvalue weighted by Crippen LogP contribution is 2.31. The lowest BCUT2D eigenvalue weighted by Crippen LogP contribution is -2.22. The van der Waals surface area contributed by atoms with E-state index in [1.807, 2.05) is 13.0 Å². The summed E-state index contributed by atoms with van der Waals surface area (Å²) in [6.07, 6.45) is 3.81. The van der Waals surface area contributed by atoms with E-state index in [1.54, 1.807) is 21.4 Å². The number of nitrogens with zero attached hydrogens (tertiary/aromatic N) is 2. The van der Waals surface area contributed by atoms with E-state index in [1.165, 1.54) is 6.07 Å². The first-order valence-electron chi connectivity index (χ1n) is 7.33. The molecule has 1 N–H and O–H groups in total. The fraction of sp³-hybridized carbons (Fsp3) is 0.375. The number of aryl methyl sites for hydroxylation is 2. The Kier molecular flexibility index (Phi) is 3.87. The number of hydrogen-bond donors (Lipinski definition) is 1. The lowest BCUT2D eigenvalue weighted by molar-refractivity contribution is 0.0681. The van der Waals surface area contributed by atoms with E-state index >= 15 is 0 Å². The molecule has 1 unspecified atom stereocenters. The molecular weight excluding hydrogens is 303 g/mol. The number of carboxylic acids is 1. The Morgan fingerprint density at radius 2 is 2.23 bits per heavy atom. The van der Waals surface area contributed by atoms with Gasteiger partial charge >= 0.3 is 5.97 Å². The first kappa shape index (κ1) is 15.0. The van der Waals surface area contributed by atoms with Gasteiger partial charge in [-0.2, -0.15) is 0 Å². The zero-order valence-electron chi connectivity index (χ0n) is 12.3. The predicted molar refractivity (Wildman–Crippen MR) is 83.4 cm³/mol. The summed E-state index contributed by atoms with van der Waals surface area (Å²) in [7, 11) is 0. The molecule has 0 saturated carbocycles. The summed E-state index contributed by atoms with van der Waals surface area (Å²) in [4.78, 5) is 11.5. The van der Waals surface area contributed by atoms with Crippen molar-refractivity contribution in [2.75, 3.05) is 0 Å². The number of fused-ring (bicyclic) bond motifs is 1. The van der Waals surface area contributed by atoms with Crippen LogP contribution < -0.4 is 0 Å². The topological polar surface area (TPSA) is 47.2 Å². The number of carboxylic acid groups (broad SMARTS) is 1. The molecular formula is C16H17FN2O2S. The molecule has 0 saturated heterocycles. The van der Waals surface area contributed by atoms with E-state index in [0.717, 1.165) is 24.0 Å². The van der Waals surface area contributed by atoms with Crippen molar-refractivity contribution in [1.29, 1.82) is 0 Å². The van der Waals surface area contributed by atoms with E-state index in [2.05, 4.69) is 0 Å². The summed E-state index contributed by atoms with van der Waals surface area (Å²) in [5, 5.41) is 9.43. The van der Waals surface area contributed by atoms with Crippen LogP contribution in [0.25, 0.3) is 0 Å². The molecule has 2 aromatic rings. The van der Waals surface area contributed by atoms with Gasteiger partial charge in [0.2, 0.25) is 0 Å². The average molecular weight is 320 g/mol. The third kappa shape index (κ3) is 2.47. The van der Waals surface area contributed by atoms with Gasteiger partial charge in [0.15, 0.2) is 4.77 Å². The second-order valence-corrected chi connectivity index (χ2v) is 5.93. The van der Waals surface area contributed by atoms with Gasteiger partial charge in [-0.05, 0) is 61.7 Å². The molecule has 1 heterocycles. The Bertz CT molecular complexity index is 794. The molecule has 1 aromatic carbocycles. The van der Waals surface area contributed by atoms with Crippen LogP contribution in [0.15, 0.2) is 24.4 Å². The van der Waals surface area contributed by atoms with Gasteiger partial charge < -0.3 is 14.2 Å². The van der Waals surface area contributed by atoms with Gasteiger partial charge in [0.25, 0.3) is 0 Å². The van der Waals surface area contributed by atoms with Crippen LogP contribution in [0, 0.1) is 10.6 Å². The maximum absolute atomic E-state index is 13.4. The number of aromatic carboxylic acids is 1. The Balaban J connectivity index is 2.04. The van der Waals surface area contributed by atoms with Crippen molar-refractivity contribution in [2.24, 2.45) is 0 Å². The van der Waals surface area contributed by atoms with Gasteiger partial charge in [-0.3, -0.25) is 0 Å². The van der Waals surface area contributed by atoms with Crippen molar-refractivity contribution >= 4 is 18.2 Å². The molecule has 0 spiro atoms. The van der Waals surface area contributed by atoms with Crippen molar-refractivity contribution < 1.29 is 14.3 Å². The fourth-order valence-electron chi connectivity index (χ4n) is 3.17. The monoisotopic (exact) mass is 320 g/mol. The molecule has 1 aliphatic rings. The van der Waals surface area contributed by atoms with E-state index in [4.69, 9.17) is 12.2 Å². The number of benzene rings is 1. The summed E-state index contributed by atoms with van der Waals surface area (Å²) in [6.45, 7) is 2.56. The number of imidazole rings is 1. The third-order valence-corrected chi connectivity index (χ3v) is 4.72. The van der Waals surface area contributed by atoms with Crippen LogP contribution in [-0.4, -0.2) is 20.2 Å². The fourth-order valence-corrected chi connectivity index (χ4v) is 3.60. The van der Waals surface area contributed by atoms with Crippen molar-refractivity contribution in [3.05, 3.63) is 51.8 Å². The molecule has 3 rings (SSSR count). The van der Waals surface area contributed by atoms with E-state index < -0.39 is 5.97 Å². The maximum atomic E-state index is 13.4. The molecule has 0 radical (unpaired) electrons. The first-order valence-corrected chi connectivity index (χ1v) is 7.74. The quantitative estimate of drug-likeness (QED) is 0.879. The predicted octanol–water partition coefficient (Wildman–Crippen LogP) is 3.61. The Labute approximate surface area is 132 Å². The number of halogens is 1. The highest BCUT2D eigenvalue weighted by atomic mass is 32.1. The molecule has 116 valence electrons. The molecule has 1 aliphatic carbocycles. The number of aromatic nitrogens is 2. The maximum Gasteiger partial charge on any atom is 0.354 e. The smallest absolute Gasteiger partial charge is 0.354 e. The van der Waals surface area contributed by atoms with Gasteiger partial charge in [-0.1, -0.05) is 6.07 Å². The van der Waals surface area contributed by atoms with Gasteiger partial charge in [-0.15, -0.1) is 0 Å². The first-order chi connectivity index (χ1) is 10.5. The largest absolute Gasteiger partial charge is 0.477 e. The number of carbonyl (C=O) groups is 1. The lowest BCUT2D eigenvalue weighted by Gasteiger charge is -2.26. The third-order valence-electron chi connectivity index (χ3n) is 4.29. The zero-order chi connectivity index (χ0) is 15.9. The number of hydrogen-bond acceptors (Lipinski definition) is 2. The van der Waals surface area contributed by atoms with Crippen LogP contribution in [0.2, 0.25) is 0 Å². The SMILES string of the molecule is CCn1cc(C(=O)O)n(C2CCc3ccc(F)cc3C2)c1=S. The van der Waals surface area contributed by atoms with Gasteiger partial charge in [-0.25, -0.2) is 9.18 Å². The van der Waals surface area contributed by atoms with E-state index in [9.17, 15) is 14.3 Å². The molecule has 6 heteroatoms. The van der Waals surface area contributed by atoms with Crippen molar-refractivity contribution in [3.8, 4) is 0 Å². The van der Waals surface area contributed by atoms with Crippen LogP contribution in [0.3, 0.4) is 0 Å². The molecule has 4 nitrogen and oxygen atoms in total. The van der Waals surface area contributed by atoms with Gasteiger partial charge in [0.05, 0.1) is 0 Å². The minimum absolute atomic E-state index is 0.0410. The highest BCUT2D eigenvalue weighted by Gasteiger charge is 2.25. The van der Waals surface area contributed by atoms with E-state index in [0.29, 0.717) is 17.7 Å². The molecule has 1 atom stereocenters. The highest BCUT2D eigenvalue weighted by molar-refractivity contribution is 7.71. The molecule has 0 bridgehead atoms. The van der Waals surface area contributed by atoms with Gasteiger partial charge in [0.1, 0.15) is 11.5 Å². The van der Waals surface area contributed by atoms with Crippen LogP contribution in [0.5, 0.6) is 0 Å². The molecule has 22 heavy (non-hydrogen) atoms. The van der Waals surface area contributed by atoms with Crippen LogP contribution in [0.4, 0.5) is 4.39 Å². The molecule has 0 fully saturated rings. The Morgan fingerprint density at radius 1 is 1.45 bits per heavy atom. The molecule has 1 aromatic heterocycles. The van der Waals surface area contributed by atoms with Crippen LogP contribution in [0.1, 0.15) is 41.0 Å². The average Bonchev–Trinajstić information content (AvgIpc) is 2.83. The lowest BCUT2D eigenvalue weighted by atomic mass is 9.88. The second-order valence-electron chi connectivity index (χ2n) is 5.57. The second kappa shape index (κ2) is 5.68. The zero-order valence-corrected chi connectivity index (χ0v) is 13.1. The van der Waals surface area contributed by atoms with Crippen LogP contribution in [-0.2, 0) is 19.4 Å². The minimum Gasteiger partial charge on any atom is -0.477 e. The molecule has 0 amide bonds. The van der Waals surface area contributed by atoms with Crippen LogP contribution >= 0.6 is 12.2 Å². The van der Waals surface area contributed by atoms with E-state index in [-0.39, 0.29) is 17.6 Å². The summed E-state index contributed by atoms with van der Waals surface area (Å²) in [6, 6.07) is 4.79. The van der Waals surface area contributed by atoms with Crippen molar-refractivity contribution in [1.82, 2.24) is 9.13 Å². The minimum atomic E-state index is -0.983. The normalized spacial score (nSPS) is 17.3. The van der Waals surface area contributed by atoms with Gasteiger partial charge in [0, 0.05) is 18.8 Å². The standard InChI is InChI=1S/C16H17FN2O2S/c1-2-18-9-14(15(20)21)19(16(18)22)13-6-4-10-3-5-12(17)7-11(10)8-13/h3,5,7,9,13H,2,4,6,8H2,1H3,(H,20,21). The summed E-state index contributed by atoms with van der Waals surface area (Å²) < 4.78 is 17.4. The summed E-state index contributed by atoms with van der Waals surface area (Å²) >= 11 is 5.42. The Morgan fingerprint density at radius 3 is 2.91 bits per heavy atom. The molecule has 0 aliphatic heterocycles.